The Morgan fingerprint density at radius 3 is 3.10 bits per heavy atom. The standard InChI is InChI=1S/C15H20N4O/c16-8-10-4-1-2-6-12(10)15(20)18-13-7-3-5-11-9-17-19-14(11)13/h3,5,7,9-10,12H,1-2,4,6,8,16H2,(H,17,19)(H,18,20). The maximum atomic E-state index is 12.5. The van der Waals surface area contributed by atoms with Gasteiger partial charge in [-0.1, -0.05) is 25.0 Å². The lowest BCUT2D eigenvalue weighted by molar-refractivity contribution is -0.122. The van der Waals surface area contributed by atoms with Crippen molar-refractivity contribution in [2.24, 2.45) is 17.6 Å². The van der Waals surface area contributed by atoms with E-state index in [0.717, 1.165) is 35.9 Å². The van der Waals surface area contributed by atoms with Crippen LogP contribution in [0.4, 0.5) is 5.69 Å². The molecule has 0 radical (unpaired) electrons. The van der Waals surface area contributed by atoms with E-state index in [-0.39, 0.29) is 11.8 Å². The SMILES string of the molecule is NCC1CCCCC1C(=O)Nc1cccc2cn[nH]c12. The molecule has 0 saturated heterocycles. The highest BCUT2D eigenvalue weighted by atomic mass is 16.1. The van der Waals surface area contributed by atoms with Gasteiger partial charge in [0.2, 0.25) is 5.91 Å². The maximum absolute atomic E-state index is 12.5. The Kier molecular flexibility index (Phi) is 3.69. The van der Waals surface area contributed by atoms with E-state index in [0.29, 0.717) is 12.5 Å². The fourth-order valence-corrected chi connectivity index (χ4v) is 3.13. The number of hydrogen-bond donors (Lipinski definition) is 3. The highest BCUT2D eigenvalue weighted by Gasteiger charge is 2.30. The van der Waals surface area contributed by atoms with Crippen molar-refractivity contribution in [3.05, 3.63) is 24.4 Å². The van der Waals surface area contributed by atoms with E-state index in [1.54, 1.807) is 6.20 Å². The zero-order valence-electron chi connectivity index (χ0n) is 11.4. The third kappa shape index (κ3) is 2.41. The molecule has 2 atom stereocenters. The smallest absolute Gasteiger partial charge is 0.227 e. The molecule has 1 aliphatic carbocycles. The number of aromatic amines is 1. The van der Waals surface area contributed by atoms with Crippen molar-refractivity contribution in [2.75, 3.05) is 11.9 Å². The van der Waals surface area contributed by atoms with Crippen LogP contribution in [0.3, 0.4) is 0 Å². The summed E-state index contributed by atoms with van der Waals surface area (Å²) >= 11 is 0. The lowest BCUT2D eigenvalue weighted by Crippen LogP contribution is -2.35. The fourth-order valence-electron chi connectivity index (χ4n) is 3.13. The highest BCUT2D eigenvalue weighted by Crippen LogP contribution is 2.31. The van der Waals surface area contributed by atoms with Gasteiger partial charge in [-0.2, -0.15) is 5.10 Å². The molecule has 5 nitrogen and oxygen atoms in total. The minimum atomic E-state index is 0.0342. The molecule has 1 fully saturated rings. The molecule has 0 bridgehead atoms. The number of fused-ring (bicyclic) bond motifs is 1. The van der Waals surface area contributed by atoms with Crippen molar-refractivity contribution < 1.29 is 4.79 Å². The number of para-hydroxylation sites is 1. The van der Waals surface area contributed by atoms with Gasteiger partial charge in [-0.15, -0.1) is 0 Å². The van der Waals surface area contributed by atoms with Gasteiger partial charge in [0.15, 0.2) is 0 Å². The fraction of sp³-hybridized carbons (Fsp3) is 0.467. The summed E-state index contributed by atoms with van der Waals surface area (Å²) in [7, 11) is 0. The average Bonchev–Trinajstić information content (AvgIpc) is 2.96. The third-order valence-electron chi connectivity index (χ3n) is 4.28. The van der Waals surface area contributed by atoms with Crippen LogP contribution in [0.1, 0.15) is 25.7 Å². The molecule has 1 heterocycles. The summed E-state index contributed by atoms with van der Waals surface area (Å²) in [6.07, 6.45) is 6.05. The predicted octanol–water partition coefficient (Wildman–Crippen LogP) is 2.27. The molecule has 1 amide bonds. The first-order valence-corrected chi connectivity index (χ1v) is 7.22. The van der Waals surface area contributed by atoms with Crippen LogP contribution in [-0.4, -0.2) is 22.6 Å². The summed E-state index contributed by atoms with van der Waals surface area (Å²) in [6, 6.07) is 5.80. The number of carbonyl (C=O) groups excluding carboxylic acids is 1. The van der Waals surface area contributed by atoms with Gasteiger partial charge in [-0.3, -0.25) is 9.89 Å². The number of benzene rings is 1. The van der Waals surface area contributed by atoms with Crippen molar-refractivity contribution in [3.63, 3.8) is 0 Å². The number of amides is 1. The van der Waals surface area contributed by atoms with Crippen molar-refractivity contribution in [2.45, 2.75) is 25.7 Å². The topological polar surface area (TPSA) is 83.8 Å². The van der Waals surface area contributed by atoms with Crippen molar-refractivity contribution in [3.8, 4) is 0 Å². The molecule has 2 aromatic rings. The summed E-state index contributed by atoms with van der Waals surface area (Å²) in [5.41, 5.74) is 7.48. The quantitative estimate of drug-likeness (QED) is 0.801. The number of nitrogens with two attached hydrogens (primary N) is 1. The number of hydrogen-bond acceptors (Lipinski definition) is 3. The Morgan fingerprint density at radius 2 is 2.25 bits per heavy atom. The molecule has 2 unspecified atom stereocenters. The molecule has 4 N–H and O–H groups in total. The van der Waals surface area contributed by atoms with Gasteiger partial charge in [-0.05, 0) is 31.4 Å². The lowest BCUT2D eigenvalue weighted by atomic mass is 9.78. The summed E-state index contributed by atoms with van der Waals surface area (Å²) in [5.74, 6) is 0.430. The maximum Gasteiger partial charge on any atom is 0.227 e. The van der Waals surface area contributed by atoms with Crippen LogP contribution >= 0.6 is 0 Å². The number of nitrogens with one attached hydrogen (secondary N) is 2. The molecular formula is C15H20N4O. The monoisotopic (exact) mass is 272 g/mol. The highest BCUT2D eigenvalue weighted by molar-refractivity contribution is 6.01. The summed E-state index contributed by atoms with van der Waals surface area (Å²) in [5, 5.41) is 11.0. The minimum Gasteiger partial charge on any atom is -0.330 e. The number of carbonyl (C=O) groups is 1. The van der Waals surface area contributed by atoms with E-state index in [1.165, 1.54) is 6.42 Å². The largest absolute Gasteiger partial charge is 0.330 e. The van der Waals surface area contributed by atoms with Gasteiger partial charge in [0.25, 0.3) is 0 Å². The van der Waals surface area contributed by atoms with Gasteiger partial charge in [0, 0.05) is 11.3 Å². The molecule has 1 aromatic carbocycles. The van der Waals surface area contributed by atoms with Crippen LogP contribution in [-0.2, 0) is 4.79 Å². The van der Waals surface area contributed by atoms with Crippen LogP contribution in [0.5, 0.6) is 0 Å². The zero-order valence-corrected chi connectivity index (χ0v) is 11.4. The molecule has 1 aromatic heterocycles. The van der Waals surface area contributed by atoms with Gasteiger partial charge in [0.1, 0.15) is 0 Å². The molecule has 3 rings (SSSR count). The van der Waals surface area contributed by atoms with Gasteiger partial charge < -0.3 is 11.1 Å². The van der Waals surface area contributed by atoms with Crippen LogP contribution in [0, 0.1) is 11.8 Å². The molecule has 106 valence electrons. The minimum absolute atomic E-state index is 0.0342. The van der Waals surface area contributed by atoms with E-state index in [1.807, 2.05) is 18.2 Å². The predicted molar refractivity (Wildman–Crippen MR) is 79.2 cm³/mol. The number of H-pyrrole nitrogens is 1. The number of aromatic nitrogens is 2. The van der Waals surface area contributed by atoms with E-state index in [9.17, 15) is 4.79 Å². The molecule has 5 heteroatoms. The third-order valence-corrected chi connectivity index (χ3v) is 4.28. The number of nitrogens with zero attached hydrogens (tertiary/aromatic N) is 1. The van der Waals surface area contributed by atoms with Crippen LogP contribution < -0.4 is 11.1 Å². The number of anilines is 1. The van der Waals surface area contributed by atoms with Crippen molar-refractivity contribution in [1.82, 2.24) is 10.2 Å². The van der Waals surface area contributed by atoms with E-state index in [2.05, 4.69) is 15.5 Å². The normalized spacial score (nSPS) is 22.9. The molecule has 0 spiro atoms. The van der Waals surface area contributed by atoms with Crippen molar-refractivity contribution in [1.29, 1.82) is 0 Å². The second-order valence-electron chi connectivity index (χ2n) is 5.52. The van der Waals surface area contributed by atoms with Gasteiger partial charge in [-0.25, -0.2) is 0 Å². The number of rotatable bonds is 3. The lowest BCUT2D eigenvalue weighted by Gasteiger charge is -2.29. The molecule has 1 saturated carbocycles. The molecular weight excluding hydrogens is 252 g/mol. The Labute approximate surface area is 117 Å². The van der Waals surface area contributed by atoms with Gasteiger partial charge in [0.05, 0.1) is 17.4 Å². The summed E-state index contributed by atoms with van der Waals surface area (Å²) in [4.78, 5) is 12.5. The second-order valence-corrected chi connectivity index (χ2v) is 5.52. The molecule has 20 heavy (non-hydrogen) atoms. The van der Waals surface area contributed by atoms with Crippen LogP contribution in [0.25, 0.3) is 10.9 Å². The first kappa shape index (κ1) is 13.1. The zero-order chi connectivity index (χ0) is 13.9. The van der Waals surface area contributed by atoms with E-state index < -0.39 is 0 Å². The Hall–Kier alpha value is -1.88. The summed E-state index contributed by atoms with van der Waals surface area (Å²) in [6.45, 7) is 0.590. The van der Waals surface area contributed by atoms with E-state index in [4.69, 9.17) is 5.73 Å². The van der Waals surface area contributed by atoms with E-state index >= 15 is 0 Å². The molecule has 0 aliphatic heterocycles. The Bertz CT molecular complexity index is 607. The first-order valence-electron chi connectivity index (χ1n) is 7.22. The Balaban J connectivity index is 1.79. The van der Waals surface area contributed by atoms with Crippen molar-refractivity contribution >= 4 is 22.5 Å². The average molecular weight is 272 g/mol. The summed E-state index contributed by atoms with van der Waals surface area (Å²) < 4.78 is 0. The van der Waals surface area contributed by atoms with Gasteiger partial charge >= 0.3 is 0 Å². The molecule has 1 aliphatic rings. The Morgan fingerprint density at radius 1 is 1.40 bits per heavy atom. The van der Waals surface area contributed by atoms with Crippen LogP contribution in [0.2, 0.25) is 0 Å². The second kappa shape index (κ2) is 5.63. The first-order chi connectivity index (χ1) is 9.79. The van der Waals surface area contributed by atoms with Crippen LogP contribution in [0.15, 0.2) is 24.4 Å².